The Morgan fingerprint density at radius 1 is 0.778 bits per heavy atom. The SMILES string of the molecule is CN(C)CCN[C@H]1CC[C@H](N(Cc2ccccc2)Cc2ccccc2)CC1. The van der Waals surface area contributed by atoms with Crippen LogP contribution >= 0.6 is 0 Å². The standard InChI is InChI=1S/C24H35N3/c1-26(2)18-17-25-23-13-15-24(16-14-23)27(19-21-9-5-3-6-10-21)20-22-11-7-4-8-12-22/h3-12,23-25H,13-20H2,1-2H3/t23-,24-. The summed E-state index contributed by atoms with van der Waals surface area (Å²) in [6.45, 7) is 4.30. The Hall–Kier alpha value is -1.68. The number of nitrogens with one attached hydrogen (secondary N) is 1. The van der Waals surface area contributed by atoms with Gasteiger partial charge in [-0.15, -0.1) is 0 Å². The summed E-state index contributed by atoms with van der Waals surface area (Å²) in [6, 6.07) is 23.2. The molecule has 0 aromatic heterocycles. The maximum atomic E-state index is 3.75. The molecule has 1 aliphatic rings. The average molecular weight is 366 g/mol. The third kappa shape index (κ3) is 6.76. The van der Waals surface area contributed by atoms with Crippen LogP contribution in [0.1, 0.15) is 36.8 Å². The molecular formula is C24H35N3. The molecule has 0 spiro atoms. The zero-order chi connectivity index (χ0) is 18.9. The quantitative estimate of drug-likeness (QED) is 0.720. The summed E-state index contributed by atoms with van der Waals surface area (Å²) < 4.78 is 0. The minimum atomic E-state index is 0.678. The second-order valence-electron chi connectivity index (χ2n) is 8.14. The molecular weight excluding hydrogens is 330 g/mol. The van der Waals surface area contributed by atoms with Gasteiger partial charge in [-0.2, -0.15) is 0 Å². The van der Waals surface area contributed by atoms with Crippen molar-refractivity contribution in [3.63, 3.8) is 0 Å². The monoisotopic (exact) mass is 365 g/mol. The summed E-state index contributed by atoms with van der Waals surface area (Å²) in [6.07, 6.45) is 5.16. The van der Waals surface area contributed by atoms with E-state index >= 15 is 0 Å². The van der Waals surface area contributed by atoms with Crippen molar-refractivity contribution in [2.75, 3.05) is 27.2 Å². The molecule has 2 aromatic carbocycles. The van der Waals surface area contributed by atoms with Gasteiger partial charge in [0.25, 0.3) is 0 Å². The van der Waals surface area contributed by atoms with Gasteiger partial charge in [0.05, 0.1) is 0 Å². The first kappa shape index (κ1) is 20.1. The molecule has 0 saturated heterocycles. The van der Waals surface area contributed by atoms with Crippen LogP contribution in [0.2, 0.25) is 0 Å². The van der Waals surface area contributed by atoms with Crippen LogP contribution < -0.4 is 5.32 Å². The number of rotatable bonds is 9. The highest BCUT2D eigenvalue weighted by molar-refractivity contribution is 5.17. The van der Waals surface area contributed by atoms with Crippen LogP contribution in [0.4, 0.5) is 0 Å². The van der Waals surface area contributed by atoms with Gasteiger partial charge < -0.3 is 10.2 Å². The first-order valence-corrected chi connectivity index (χ1v) is 10.4. The lowest BCUT2D eigenvalue weighted by Crippen LogP contribution is -2.43. The van der Waals surface area contributed by atoms with E-state index in [4.69, 9.17) is 0 Å². The topological polar surface area (TPSA) is 18.5 Å². The fourth-order valence-corrected chi connectivity index (χ4v) is 4.09. The normalized spacial score (nSPS) is 20.3. The highest BCUT2D eigenvalue weighted by Gasteiger charge is 2.25. The van der Waals surface area contributed by atoms with Crippen molar-refractivity contribution in [2.45, 2.75) is 50.9 Å². The second kappa shape index (κ2) is 10.6. The third-order valence-corrected chi connectivity index (χ3v) is 5.66. The van der Waals surface area contributed by atoms with Gasteiger partial charge in [-0.3, -0.25) is 4.90 Å². The van der Waals surface area contributed by atoms with Gasteiger partial charge in [-0.25, -0.2) is 0 Å². The van der Waals surface area contributed by atoms with Crippen LogP contribution in [-0.4, -0.2) is 49.1 Å². The molecule has 27 heavy (non-hydrogen) atoms. The van der Waals surface area contributed by atoms with Crippen molar-refractivity contribution in [2.24, 2.45) is 0 Å². The first-order valence-electron chi connectivity index (χ1n) is 10.4. The first-order chi connectivity index (χ1) is 13.2. The van der Waals surface area contributed by atoms with Crippen molar-refractivity contribution in [1.82, 2.24) is 15.1 Å². The maximum Gasteiger partial charge on any atom is 0.0240 e. The Kier molecular flexibility index (Phi) is 7.88. The molecule has 3 rings (SSSR count). The second-order valence-corrected chi connectivity index (χ2v) is 8.14. The summed E-state index contributed by atoms with van der Waals surface area (Å²) in [5.74, 6) is 0. The number of nitrogens with zero attached hydrogens (tertiary/aromatic N) is 2. The smallest absolute Gasteiger partial charge is 0.0240 e. The van der Waals surface area contributed by atoms with Gasteiger partial charge in [0.2, 0.25) is 0 Å². The van der Waals surface area contributed by atoms with Crippen molar-refractivity contribution >= 4 is 0 Å². The molecule has 0 amide bonds. The molecule has 0 radical (unpaired) electrons. The predicted octanol–water partition coefficient (Wildman–Crippen LogP) is 4.15. The fraction of sp³-hybridized carbons (Fsp3) is 0.500. The van der Waals surface area contributed by atoms with E-state index in [1.807, 2.05) is 0 Å². The predicted molar refractivity (Wildman–Crippen MR) is 115 cm³/mol. The molecule has 0 atom stereocenters. The van der Waals surface area contributed by atoms with E-state index in [-0.39, 0.29) is 0 Å². The highest BCUT2D eigenvalue weighted by Crippen LogP contribution is 2.26. The molecule has 146 valence electrons. The zero-order valence-electron chi connectivity index (χ0n) is 17.0. The van der Waals surface area contributed by atoms with Gasteiger partial charge in [0, 0.05) is 38.3 Å². The lowest BCUT2D eigenvalue weighted by Gasteiger charge is -2.37. The summed E-state index contributed by atoms with van der Waals surface area (Å²) in [4.78, 5) is 4.95. The lowest BCUT2D eigenvalue weighted by atomic mass is 9.89. The Labute approximate surface area is 165 Å². The molecule has 0 heterocycles. The molecule has 1 saturated carbocycles. The molecule has 1 aliphatic carbocycles. The highest BCUT2D eigenvalue weighted by atomic mass is 15.2. The molecule has 0 aliphatic heterocycles. The van der Waals surface area contributed by atoms with Crippen LogP contribution in [0.3, 0.4) is 0 Å². The van der Waals surface area contributed by atoms with E-state index in [0.717, 1.165) is 26.2 Å². The van der Waals surface area contributed by atoms with Crippen molar-refractivity contribution < 1.29 is 0 Å². The number of hydrogen-bond donors (Lipinski definition) is 1. The zero-order valence-corrected chi connectivity index (χ0v) is 17.0. The largest absolute Gasteiger partial charge is 0.313 e. The van der Waals surface area contributed by atoms with E-state index < -0.39 is 0 Å². The molecule has 3 heteroatoms. The van der Waals surface area contributed by atoms with Crippen LogP contribution in [0.25, 0.3) is 0 Å². The number of likely N-dealkylation sites (N-methyl/N-ethyl adjacent to an activating group) is 1. The fourth-order valence-electron chi connectivity index (χ4n) is 4.09. The lowest BCUT2D eigenvalue weighted by molar-refractivity contribution is 0.128. The van der Waals surface area contributed by atoms with E-state index in [0.29, 0.717) is 12.1 Å². The molecule has 3 nitrogen and oxygen atoms in total. The minimum Gasteiger partial charge on any atom is -0.313 e. The van der Waals surface area contributed by atoms with Gasteiger partial charge in [-0.05, 0) is 50.9 Å². The van der Waals surface area contributed by atoms with Gasteiger partial charge in [0.15, 0.2) is 0 Å². The molecule has 1 fully saturated rings. The van der Waals surface area contributed by atoms with Crippen LogP contribution in [0, 0.1) is 0 Å². The van der Waals surface area contributed by atoms with E-state index in [2.05, 4.69) is 89.9 Å². The van der Waals surface area contributed by atoms with Crippen LogP contribution in [-0.2, 0) is 13.1 Å². The molecule has 0 unspecified atom stereocenters. The van der Waals surface area contributed by atoms with E-state index in [1.165, 1.54) is 36.8 Å². The van der Waals surface area contributed by atoms with Crippen molar-refractivity contribution in [1.29, 1.82) is 0 Å². The Morgan fingerprint density at radius 2 is 1.30 bits per heavy atom. The van der Waals surface area contributed by atoms with Crippen molar-refractivity contribution in [3.8, 4) is 0 Å². The Balaban J connectivity index is 1.58. The van der Waals surface area contributed by atoms with Gasteiger partial charge >= 0.3 is 0 Å². The van der Waals surface area contributed by atoms with Gasteiger partial charge in [-0.1, -0.05) is 60.7 Å². The van der Waals surface area contributed by atoms with E-state index in [9.17, 15) is 0 Å². The third-order valence-electron chi connectivity index (χ3n) is 5.66. The number of hydrogen-bond acceptors (Lipinski definition) is 3. The van der Waals surface area contributed by atoms with Crippen LogP contribution in [0.5, 0.6) is 0 Å². The minimum absolute atomic E-state index is 0.678. The van der Waals surface area contributed by atoms with Crippen LogP contribution in [0.15, 0.2) is 60.7 Å². The molecule has 2 aromatic rings. The van der Waals surface area contributed by atoms with E-state index in [1.54, 1.807) is 0 Å². The maximum absolute atomic E-state index is 3.75. The molecule has 0 bridgehead atoms. The summed E-state index contributed by atoms with van der Waals surface area (Å²) >= 11 is 0. The van der Waals surface area contributed by atoms with Gasteiger partial charge in [0.1, 0.15) is 0 Å². The summed E-state index contributed by atoms with van der Waals surface area (Å²) in [5.41, 5.74) is 2.83. The molecule has 1 N–H and O–H groups in total. The Bertz CT molecular complexity index is 592. The average Bonchev–Trinajstić information content (AvgIpc) is 2.69. The Morgan fingerprint density at radius 3 is 1.78 bits per heavy atom. The van der Waals surface area contributed by atoms with Crippen molar-refractivity contribution in [3.05, 3.63) is 71.8 Å². The summed E-state index contributed by atoms with van der Waals surface area (Å²) in [5, 5.41) is 3.75. The summed E-state index contributed by atoms with van der Waals surface area (Å²) in [7, 11) is 4.28. The number of benzene rings is 2.